The Labute approximate surface area is 270 Å². The van der Waals surface area contributed by atoms with Gasteiger partial charge >= 0.3 is 0 Å². The van der Waals surface area contributed by atoms with E-state index in [4.69, 9.17) is 21.1 Å². The van der Waals surface area contributed by atoms with Gasteiger partial charge in [0.25, 0.3) is 5.91 Å². The summed E-state index contributed by atoms with van der Waals surface area (Å²) in [5.41, 5.74) is -0.999. The summed E-state index contributed by atoms with van der Waals surface area (Å²) < 4.78 is 12.4. The standard InChI is InChI=1S/C35H42ClN3O6/c1-6-20-37(26-14-16-27(17-15-26)44-9-4)31(41)28-29-32(42)39(24(8-3)22-40)30(35(29)19-18-34(28,5)45-35)33(43)38(21-7-2)25-12-10-23(36)11-13-25/h6-7,10-17,24,28-30,40H,1-2,8-9,18-22H2,3-5H3/t24-,28-,29-,30?,34+,35?/m0/s1. The molecular weight excluding hydrogens is 594 g/mol. The number of rotatable bonds is 13. The fourth-order valence-corrected chi connectivity index (χ4v) is 7.68. The zero-order valence-corrected chi connectivity index (χ0v) is 26.9. The van der Waals surface area contributed by atoms with E-state index in [-0.39, 0.29) is 37.4 Å². The van der Waals surface area contributed by atoms with E-state index in [1.807, 2.05) is 32.9 Å². The highest BCUT2D eigenvalue weighted by atomic mass is 35.5. The monoisotopic (exact) mass is 635 g/mol. The van der Waals surface area contributed by atoms with Crippen molar-refractivity contribution in [1.82, 2.24) is 4.90 Å². The molecule has 2 aromatic carbocycles. The number of amides is 3. The molecule has 3 aliphatic rings. The Kier molecular flexibility index (Phi) is 9.44. The van der Waals surface area contributed by atoms with E-state index in [2.05, 4.69) is 13.2 Å². The summed E-state index contributed by atoms with van der Waals surface area (Å²) in [5.74, 6) is -2.06. The van der Waals surface area contributed by atoms with Crippen molar-refractivity contribution in [1.29, 1.82) is 0 Å². The molecule has 9 nitrogen and oxygen atoms in total. The quantitative estimate of drug-likeness (QED) is 0.311. The van der Waals surface area contributed by atoms with Crippen molar-refractivity contribution in [3.8, 4) is 5.75 Å². The fraction of sp³-hybridized carbons (Fsp3) is 0.457. The number of fused-ring (bicyclic) bond motifs is 1. The molecule has 0 saturated carbocycles. The first kappa shape index (κ1) is 32.7. The van der Waals surface area contributed by atoms with E-state index in [1.165, 1.54) is 4.90 Å². The van der Waals surface area contributed by atoms with Gasteiger partial charge in [-0.3, -0.25) is 14.4 Å². The van der Waals surface area contributed by atoms with Crippen LogP contribution in [0, 0.1) is 11.8 Å². The zero-order chi connectivity index (χ0) is 32.5. The molecule has 3 amide bonds. The third-order valence-corrected chi connectivity index (χ3v) is 9.79. The molecule has 2 bridgehead atoms. The molecule has 3 aliphatic heterocycles. The van der Waals surface area contributed by atoms with Gasteiger partial charge in [-0.2, -0.15) is 0 Å². The first-order valence-electron chi connectivity index (χ1n) is 15.6. The highest BCUT2D eigenvalue weighted by Gasteiger charge is 2.78. The number of ether oxygens (including phenoxy) is 2. The third-order valence-electron chi connectivity index (χ3n) is 9.54. The third kappa shape index (κ3) is 5.45. The van der Waals surface area contributed by atoms with Crippen molar-refractivity contribution in [2.45, 2.75) is 63.3 Å². The molecule has 0 aliphatic carbocycles. The smallest absolute Gasteiger partial charge is 0.253 e. The van der Waals surface area contributed by atoms with Crippen LogP contribution in [0.25, 0.3) is 0 Å². The number of aliphatic hydroxyl groups excluding tert-OH is 1. The van der Waals surface area contributed by atoms with Gasteiger partial charge in [0.2, 0.25) is 11.8 Å². The number of likely N-dealkylation sites (tertiary alicyclic amines) is 1. The van der Waals surface area contributed by atoms with Crippen LogP contribution in [0.15, 0.2) is 73.8 Å². The van der Waals surface area contributed by atoms with Gasteiger partial charge in [0, 0.05) is 29.5 Å². The summed E-state index contributed by atoms with van der Waals surface area (Å²) >= 11 is 6.15. The number of nitrogens with zero attached hydrogens (tertiary/aromatic N) is 3. The predicted molar refractivity (Wildman–Crippen MR) is 174 cm³/mol. The van der Waals surface area contributed by atoms with Gasteiger partial charge in [-0.1, -0.05) is 30.7 Å². The lowest BCUT2D eigenvalue weighted by atomic mass is 9.66. The lowest BCUT2D eigenvalue weighted by Gasteiger charge is -2.39. The lowest BCUT2D eigenvalue weighted by Crippen LogP contribution is -2.59. The molecule has 45 heavy (non-hydrogen) atoms. The number of carbonyl (C=O) groups is 3. The minimum atomic E-state index is -1.25. The predicted octanol–water partition coefficient (Wildman–Crippen LogP) is 5.01. The first-order valence-corrected chi connectivity index (χ1v) is 15.9. The molecule has 2 unspecified atom stereocenters. The van der Waals surface area contributed by atoms with Crippen molar-refractivity contribution in [3.63, 3.8) is 0 Å². The second-order valence-corrected chi connectivity index (χ2v) is 12.5. The van der Waals surface area contributed by atoms with Gasteiger partial charge in [-0.25, -0.2) is 0 Å². The molecule has 3 saturated heterocycles. The molecule has 1 N–H and O–H groups in total. The highest BCUT2D eigenvalue weighted by molar-refractivity contribution is 6.30. The van der Waals surface area contributed by atoms with Gasteiger partial charge in [0.1, 0.15) is 17.4 Å². The van der Waals surface area contributed by atoms with Gasteiger partial charge in [-0.15, -0.1) is 13.2 Å². The Morgan fingerprint density at radius 3 is 2.16 bits per heavy atom. The van der Waals surface area contributed by atoms with E-state index >= 15 is 0 Å². The Balaban J connectivity index is 1.59. The minimum Gasteiger partial charge on any atom is -0.494 e. The Hall–Kier alpha value is -3.66. The maximum absolute atomic E-state index is 14.7. The van der Waals surface area contributed by atoms with Gasteiger partial charge in [-0.05, 0) is 81.6 Å². The van der Waals surface area contributed by atoms with E-state index in [1.54, 1.807) is 58.4 Å². The normalized spacial score (nSPS) is 27.2. The van der Waals surface area contributed by atoms with Crippen LogP contribution in [0.1, 0.15) is 40.0 Å². The summed E-state index contributed by atoms with van der Waals surface area (Å²) in [7, 11) is 0. The number of benzene rings is 2. The van der Waals surface area contributed by atoms with Crippen molar-refractivity contribution in [2.24, 2.45) is 11.8 Å². The maximum Gasteiger partial charge on any atom is 0.253 e. The molecule has 3 fully saturated rings. The highest BCUT2D eigenvalue weighted by Crippen LogP contribution is 2.64. The van der Waals surface area contributed by atoms with E-state index in [0.29, 0.717) is 48.0 Å². The van der Waals surface area contributed by atoms with Crippen molar-refractivity contribution in [3.05, 3.63) is 78.9 Å². The molecule has 3 heterocycles. The van der Waals surface area contributed by atoms with E-state index in [9.17, 15) is 19.5 Å². The second kappa shape index (κ2) is 13.0. The SMILES string of the molecule is C=CCN(C(=O)C1N([C@@H](CC)CO)C(=O)[C@@H]2[C@@H](C(=O)N(CC=C)c3ccc(OCC)cc3)[C@@]3(C)CCC12O3)c1ccc(Cl)cc1. The van der Waals surface area contributed by atoms with Crippen LogP contribution in [0.5, 0.6) is 5.75 Å². The van der Waals surface area contributed by atoms with Gasteiger partial charge < -0.3 is 29.3 Å². The van der Waals surface area contributed by atoms with Gasteiger partial charge in [0.05, 0.1) is 36.7 Å². The van der Waals surface area contributed by atoms with Crippen LogP contribution >= 0.6 is 11.6 Å². The Morgan fingerprint density at radius 1 is 1.04 bits per heavy atom. The number of anilines is 2. The Bertz CT molecular complexity index is 1440. The van der Waals surface area contributed by atoms with Crippen LogP contribution in [0.4, 0.5) is 11.4 Å². The van der Waals surface area contributed by atoms with Crippen LogP contribution in [0.2, 0.25) is 5.02 Å². The number of hydrogen-bond acceptors (Lipinski definition) is 6. The fourth-order valence-electron chi connectivity index (χ4n) is 7.56. The van der Waals surface area contributed by atoms with Gasteiger partial charge in [0.15, 0.2) is 0 Å². The zero-order valence-electron chi connectivity index (χ0n) is 26.2. The van der Waals surface area contributed by atoms with Crippen LogP contribution in [0.3, 0.4) is 0 Å². The Morgan fingerprint density at radius 2 is 1.62 bits per heavy atom. The summed E-state index contributed by atoms with van der Waals surface area (Å²) in [6.07, 6.45) is 4.60. The molecular formula is C35H42ClN3O6. The summed E-state index contributed by atoms with van der Waals surface area (Å²) in [4.78, 5) is 48.7. The van der Waals surface area contributed by atoms with Crippen LogP contribution in [-0.4, -0.2) is 77.3 Å². The number of hydrogen-bond donors (Lipinski definition) is 1. The molecule has 1 spiro atoms. The molecule has 0 radical (unpaired) electrons. The average Bonchev–Trinajstić information content (AvgIpc) is 3.61. The first-order chi connectivity index (χ1) is 21.6. The second-order valence-electron chi connectivity index (χ2n) is 12.1. The average molecular weight is 636 g/mol. The topological polar surface area (TPSA) is 99.6 Å². The minimum absolute atomic E-state index is 0.181. The molecule has 5 rings (SSSR count). The molecule has 0 aromatic heterocycles. The summed E-state index contributed by atoms with van der Waals surface area (Å²) in [5, 5.41) is 11.0. The summed E-state index contributed by atoms with van der Waals surface area (Å²) in [6, 6.07) is 12.4. The maximum atomic E-state index is 14.7. The van der Waals surface area contributed by atoms with E-state index < -0.39 is 35.1 Å². The molecule has 10 heteroatoms. The number of carbonyl (C=O) groups excluding carboxylic acids is 3. The largest absolute Gasteiger partial charge is 0.494 e. The van der Waals surface area contributed by atoms with Crippen molar-refractivity contribution in [2.75, 3.05) is 36.1 Å². The summed E-state index contributed by atoms with van der Waals surface area (Å²) in [6.45, 7) is 14.0. The number of halogens is 1. The molecule has 6 atom stereocenters. The van der Waals surface area contributed by atoms with Crippen molar-refractivity contribution >= 4 is 40.7 Å². The van der Waals surface area contributed by atoms with E-state index in [0.717, 1.165) is 0 Å². The van der Waals surface area contributed by atoms with Crippen molar-refractivity contribution < 1.29 is 29.0 Å². The number of aliphatic hydroxyl groups is 1. The molecule has 240 valence electrons. The van der Waals surface area contributed by atoms with Crippen LogP contribution in [-0.2, 0) is 19.1 Å². The lowest BCUT2D eigenvalue weighted by molar-refractivity contribution is -0.148. The molecule has 2 aromatic rings. The van der Waals surface area contributed by atoms with Crippen LogP contribution < -0.4 is 14.5 Å².